The Morgan fingerprint density at radius 2 is 1.81 bits per heavy atom. The number of primary amides is 1. The van der Waals surface area contributed by atoms with Gasteiger partial charge in [-0.2, -0.15) is 0 Å². The number of rotatable bonds is 17. The number of carbonyl (C=O) groups is 4. The van der Waals surface area contributed by atoms with Crippen LogP contribution in [0, 0.1) is 12.3 Å². The molecule has 1 fully saturated rings. The quantitative estimate of drug-likeness (QED) is 0.128. The fourth-order valence-corrected chi connectivity index (χ4v) is 7.08. The van der Waals surface area contributed by atoms with Crippen LogP contribution in [0.25, 0.3) is 10.4 Å². The van der Waals surface area contributed by atoms with Crippen molar-refractivity contribution in [3.05, 3.63) is 70.9 Å². The molecule has 2 heterocycles. The van der Waals surface area contributed by atoms with E-state index in [4.69, 9.17) is 16.2 Å². The van der Waals surface area contributed by atoms with Crippen molar-refractivity contribution >= 4 is 35.0 Å². The van der Waals surface area contributed by atoms with Gasteiger partial charge in [-0.15, -0.1) is 11.3 Å². The van der Waals surface area contributed by atoms with E-state index in [1.54, 1.807) is 11.3 Å². The Bertz CT molecular complexity index is 1670. The summed E-state index contributed by atoms with van der Waals surface area (Å²) >= 11 is 1.58. The number of thiazole rings is 1. The van der Waals surface area contributed by atoms with Gasteiger partial charge < -0.3 is 36.8 Å². The van der Waals surface area contributed by atoms with Gasteiger partial charge in [0.1, 0.15) is 24.4 Å². The molecule has 1 aliphatic heterocycles. The number of nitrogens with two attached hydrogens (primary N) is 2. The fraction of sp³-hybridized carbons (Fsp3) is 0.513. The third kappa shape index (κ3) is 11.6. The third-order valence-electron chi connectivity index (χ3n) is 9.30. The minimum atomic E-state index is -0.885. The highest BCUT2D eigenvalue weighted by molar-refractivity contribution is 7.13. The topological polar surface area (TPSA) is 190 Å². The maximum absolute atomic E-state index is 14.0. The molecule has 5 atom stereocenters. The summed E-state index contributed by atoms with van der Waals surface area (Å²) in [6.45, 7) is 9.76. The van der Waals surface area contributed by atoms with Crippen LogP contribution in [-0.4, -0.2) is 76.0 Å². The summed E-state index contributed by atoms with van der Waals surface area (Å²) in [6.07, 6.45) is 2.26. The van der Waals surface area contributed by atoms with E-state index < -0.39 is 29.5 Å². The lowest BCUT2D eigenvalue weighted by atomic mass is 9.85. The Balaban J connectivity index is 1.29. The molecule has 282 valence electrons. The van der Waals surface area contributed by atoms with Crippen LogP contribution in [0.1, 0.15) is 89.1 Å². The monoisotopic (exact) mass is 734 g/mol. The van der Waals surface area contributed by atoms with Crippen molar-refractivity contribution in [3.63, 3.8) is 0 Å². The highest BCUT2D eigenvalue weighted by Crippen LogP contribution is 2.30. The summed E-state index contributed by atoms with van der Waals surface area (Å²) in [5.41, 5.74) is 16.4. The standard InChI is InChI=1S/C39H54N6O6S/c1-24(27-13-15-28(16-14-27)35-25(2)42-23-52-35)43-37(49)32-20-30(46)21-45(32)38(50)36(39(3,4)5)44-34(48)12-7-6-9-26-10-8-11-31(19-26)51-22-29(40)17-18-33(41)47/h8,10-11,13-16,19,23-24,29-30,32,36,46H,6-7,9,12,17-18,20-22,40H2,1-5H3,(H2,41,47)(H,43,49)(H,44,48)/t24-,29-,30+,32-,36+/m0/s1. The van der Waals surface area contributed by atoms with E-state index in [2.05, 4.69) is 15.6 Å². The van der Waals surface area contributed by atoms with Gasteiger partial charge >= 0.3 is 0 Å². The van der Waals surface area contributed by atoms with Gasteiger partial charge in [-0.1, -0.05) is 57.2 Å². The summed E-state index contributed by atoms with van der Waals surface area (Å²) in [7, 11) is 0. The number of hydrogen-bond donors (Lipinski definition) is 5. The average molecular weight is 735 g/mol. The largest absolute Gasteiger partial charge is 0.492 e. The van der Waals surface area contributed by atoms with Gasteiger partial charge in [0.2, 0.25) is 23.6 Å². The van der Waals surface area contributed by atoms with Crippen molar-refractivity contribution in [2.24, 2.45) is 16.9 Å². The fourth-order valence-electron chi connectivity index (χ4n) is 6.27. The zero-order valence-electron chi connectivity index (χ0n) is 30.9. The first kappa shape index (κ1) is 40.4. The van der Waals surface area contributed by atoms with Crippen LogP contribution >= 0.6 is 11.3 Å². The first-order valence-corrected chi connectivity index (χ1v) is 18.8. The van der Waals surface area contributed by atoms with Crippen LogP contribution in [0.3, 0.4) is 0 Å². The lowest BCUT2D eigenvalue weighted by Gasteiger charge is -2.35. The van der Waals surface area contributed by atoms with Crippen LogP contribution in [0.5, 0.6) is 5.75 Å². The smallest absolute Gasteiger partial charge is 0.246 e. The number of amides is 4. The normalized spacial score (nSPS) is 17.6. The van der Waals surface area contributed by atoms with Crippen LogP contribution in [0.15, 0.2) is 54.0 Å². The minimum Gasteiger partial charge on any atom is -0.492 e. The number of aryl methyl sites for hydroxylation is 2. The van der Waals surface area contributed by atoms with Crippen molar-refractivity contribution in [1.82, 2.24) is 20.5 Å². The Hall–Kier alpha value is -4.33. The van der Waals surface area contributed by atoms with Crippen LogP contribution in [-0.2, 0) is 25.6 Å². The summed E-state index contributed by atoms with van der Waals surface area (Å²) < 4.78 is 5.79. The highest BCUT2D eigenvalue weighted by Gasteiger charge is 2.44. The Morgan fingerprint density at radius 1 is 1.08 bits per heavy atom. The van der Waals surface area contributed by atoms with Gasteiger partial charge in [0.15, 0.2) is 0 Å². The number of aliphatic hydroxyl groups excluding tert-OH is 1. The molecule has 0 bridgehead atoms. The predicted octanol–water partition coefficient (Wildman–Crippen LogP) is 4.17. The van der Waals surface area contributed by atoms with Gasteiger partial charge in [0.25, 0.3) is 0 Å². The van der Waals surface area contributed by atoms with Crippen LogP contribution < -0.4 is 26.8 Å². The molecular weight excluding hydrogens is 681 g/mol. The number of aromatic nitrogens is 1. The van der Waals surface area contributed by atoms with E-state index in [1.165, 1.54) is 4.90 Å². The third-order valence-corrected chi connectivity index (χ3v) is 10.3. The number of nitrogens with zero attached hydrogens (tertiary/aromatic N) is 2. The first-order valence-electron chi connectivity index (χ1n) is 18.0. The Morgan fingerprint density at radius 3 is 2.46 bits per heavy atom. The first-order chi connectivity index (χ1) is 24.6. The zero-order valence-corrected chi connectivity index (χ0v) is 31.7. The molecule has 0 spiro atoms. The number of hydrogen-bond acceptors (Lipinski definition) is 9. The van der Waals surface area contributed by atoms with Gasteiger partial charge in [-0.3, -0.25) is 19.2 Å². The molecule has 0 saturated carbocycles. The number of nitrogens with one attached hydrogen (secondary N) is 2. The lowest BCUT2D eigenvalue weighted by Crippen LogP contribution is -2.57. The average Bonchev–Trinajstić information content (AvgIpc) is 3.71. The Kier molecular flexibility index (Phi) is 14.3. The van der Waals surface area contributed by atoms with E-state index in [9.17, 15) is 24.3 Å². The molecule has 1 aliphatic rings. The van der Waals surface area contributed by atoms with E-state index in [1.807, 2.05) is 88.7 Å². The molecular formula is C39H54N6O6S. The Labute approximate surface area is 310 Å². The van der Waals surface area contributed by atoms with E-state index in [0.717, 1.165) is 40.1 Å². The van der Waals surface area contributed by atoms with Crippen molar-refractivity contribution in [1.29, 1.82) is 0 Å². The van der Waals surface area contributed by atoms with Crippen LogP contribution in [0.4, 0.5) is 0 Å². The van der Waals surface area contributed by atoms with Crippen molar-refractivity contribution < 1.29 is 29.0 Å². The number of unbranched alkanes of at least 4 members (excludes halogenated alkanes) is 1. The van der Waals surface area contributed by atoms with Crippen molar-refractivity contribution in [2.75, 3.05) is 13.2 Å². The molecule has 7 N–H and O–H groups in total. The molecule has 0 unspecified atom stereocenters. The van der Waals surface area contributed by atoms with Crippen molar-refractivity contribution in [3.8, 4) is 16.2 Å². The number of ether oxygens (including phenoxy) is 1. The number of carbonyl (C=O) groups excluding carboxylic acids is 4. The molecule has 0 radical (unpaired) electrons. The number of likely N-dealkylation sites (tertiary alicyclic amines) is 1. The summed E-state index contributed by atoms with van der Waals surface area (Å²) in [5.74, 6) is -0.693. The maximum atomic E-state index is 14.0. The van der Waals surface area contributed by atoms with Gasteiger partial charge in [0, 0.05) is 31.8 Å². The van der Waals surface area contributed by atoms with E-state index in [-0.39, 0.29) is 62.2 Å². The highest BCUT2D eigenvalue weighted by atomic mass is 32.1. The molecule has 2 aromatic carbocycles. The summed E-state index contributed by atoms with van der Waals surface area (Å²) in [6, 6.07) is 13.3. The molecule has 0 aliphatic carbocycles. The molecule has 4 rings (SSSR count). The molecule has 1 aromatic heterocycles. The second-order valence-corrected chi connectivity index (χ2v) is 15.7. The molecule has 12 nitrogen and oxygen atoms in total. The van der Waals surface area contributed by atoms with Crippen molar-refractivity contribution in [2.45, 2.75) is 110 Å². The molecule has 3 aromatic rings. The molecule has 1 saturated heterocycles. The number of aliphatic hydroxyl groups is 1. The summed E-state index contributed by atoms with van der Waals surface area (Å²) in [4.78, 5) is 58.5. The zero-order chi connectivity index (χ0) is 38.0. The summed E-state index contributed by atoms with van der Waals surface area (Å²) in [5, 5.41) is 16.6. The molecule has 13 heteroatoms. The van der Waals surface area contributed by atoms with Gasteiger partial charge in [-0.25, -0.2) is 4.98 Å². The number of benzene rings is 2. The molecule has 4 amide bonds. The van der Waals surface area contributed by atoms with Gasteiger partial charge in [0.05, 0.1) is 28.2 Å². The minimum absolute atomic E-state index is 0.0126. The SMILES string of the molecule is Cc1ncsc1-c1ccc([C@H](C)NC(=O)[C@@H]2C[C@@H](O)CN2C(=O)[C@@H](NC(=O)CCCCc2cccc(OC[C@@H](N)CCC(N)=O)c2)C(C)(C)C)cc1. The second-order valence-electron chi connectivity index (χ2n) is 14.8. The predicted molar refractivity (Wildman–Crippen MR) is 202 cm³/mol. The number of β-amino-alcohol motifs (C(OH)–C–C–N with tert-alkyl or cyclic N) is 1. The molecule has 52 heavy (non-hydrogen) atoms. The van der Waals surface area contributed by atoms with E-state index in [0.29, 0.717) is 18.6 Å². The van der Waals surface area contributed by atoms with Crippen LogP contribution in [0.2, 0.25) is 0 Å². The second kappa shape index (κ2) is 18.4. The maximum Gasteiger partial charge on any atom is 0.246 e. The van der Waals surface area contributed by atoms with Gasteiger partial charge in [-0.05, 0) is 73.8 Å². The van der Waals surface area contributed by atoms with E-state index >= 15 is 0 Å². The lowest BCUT2D eigenvalue weighted by molar-refractivity contribution is -0.144.